The molecule has 0 aromatic heterocycles. The molecule has 8 heteroatoms. The number of hydrogen-bond acceptors (Lipinski definition) is 5. The number of fused-ring (bicyclic) bond motifs is 1. The largest absolute Gasteiger partial charge is 0.497 e. The van der Waals surface area contributed by atoms with Crippen molar-refractivity contribution in [3.63, 3.8) is 0 Å². The van der Waals surface area contributed by atoms with Crippen LogP contribution >= 0.6 is 0 Å². The average Bonchev–Trinajstić information content (AvgIpc) is 3.48. The van der Waals surface area contributed by atoms with Crippen LogP contribution in [-0.2, 0) is 11.3 Å². The quantitative estimate of drug-likeness (QED) is 0.491. The maximum absolute atomic E-state index is 13.3. The smallest absolute Gasteiger partial charge is 0.282 e. The molecule has 1 amide bonds. The number of nitrogens with one attached hydrogen (secondary N) is 1. The Kier molecular flexibility index (Phi) is 5.66. The number of ether oxygens (including phenoxy) is 2. The summed E-state index contributed by atoms with van der Waals surface area (Å²) in [7, 11) is 1.59. The van der Waals surface area contributed by atoms with Crippen LogP contribution in [0.1, 0.15) is 23.2 Å². The van der Waals surface area contributed by atoms with E-state index in [1.165, 1.54) is 4.68 Å². The second-order valence-corrected chi connectivity index (χ2v) is 8.00. The number of carbonyl (C=O) groups excluding carboxylic acids is 1. The highest BCUT2D eigenvalue weighted by molar-refractivity contribution is 6.08. The van der Waals surface area contributed by atoms with Gasteiger partial charge in [-0.25, -0.2) is 0 Å². The summed E-state index contributed by atoms with van der Waals surface area (Å²) in [4.78, 5) is 26.5. The zero-order valence-corrected chi connectivity index (χ0v) is 18.2. The van der Waals surface area contributed by atoms with Gasteiger partial charge in [-0.1, -0.05) is 18.2 Å². The van der Waals surface area contributed by atoms with E-state index >= 15 is 0 Å². The predicted octanol–water partition coefficient (Wildman–Crippen LogP) is 3.58. The van der Waals surface area contributed by atoms with Crippen LogP contribution < -0.4 is 15.6 Å². The zero-order valence-electron chi connectivity index (χ0n) is 18.2. The highest BCUT2D eigenvalue weighted by Gasteiger charge is 2.26. The normalized spacial score (nSPS) is 15.6. The lowest BCUT2D eigenvalue weighted by Crippen LogP contribution is -2.20. The molecule has 33 heavy (non-hydrogen) atoms. The average molecular weight is 444 g/mol. The molecule has 0 radical (unpaired) electrons. The number of methoxy groups -OCH3 is 1. The molecule has 2 aromatic carbocycles. The molecule has 0 bridgehead atoms. The summed E-state index contributed by atoms with van der Waals surface area (Å²) in [5, 5.41) is 7.42. The van der Waals surface area contributed by atoms with E-state index in [1.807, 2.05) is 34.9 Å². The number of nitrogens with zero attached hydrogens (tertiary/aromatic N) is 3. The molecule has 3 aliphatic rings. The minimum atomic E-state index is -0.343. The summed E-state index contributed by atoms with van der Waals surface area (Å²) < 4.78 is 14.1. The molecule has 1 N–H and O–H groups in total. The number of pyridine rings is 1. The van der Waals surface area contributed by atoms with Crippen molar-refractivity contribution in [2.24, 2.45) is 0 Å². The Hall–Kier alpha value is -3.91. The van der Waals surface area contributed by atoms with Crippen molar-refractivity contribution in [2.75, 3.05) is 19.0 Å². The Morgan fingerprint density at radius 2 is 1.94 bits per heavy atom. The third-order valence-corrected chi connectivity index (χ3v) is 5.75. The van der Waals surface area contributed by atoms with Gasteiger partial charge in [0.15, 0.2) is 0 Å². The molecule has 1 saturated heterocycles. The number of para-hydroxylation sites is 1. The molecule has 3 aliphatic heterocycles. The fourth-order valence-electron chi connectivity index (χ4n) is 4.07. The third kappa shape index (κ3) is 4.25. The Labute approximate surface area is 190 Å². The van der Waals surface area contributed by atoms with Crippen molar-refractivity contribution in [1.82, 2.24) is 14.3 Å². The highest BCUT2D eigenvalue weighted by Crippen LogP contribution is 2.25. The van der Waals surface area contributed by atoms with E-state index in [0.717, 1.165) is 19.4 Å². The van der Waals surface area contributed by atoms with Crippen molar-refractivity contribution >= 4 is 11.6 Å². The number of benzene rings is 2. The minimum absolute atomic E-state index is 0.0595. The molecule has 0 aliphatic carbocycles. The lowest BCUT2D eigenvalue weighted by atomic mass is 10.1. The molecule has 1 atom stereocenters. The lowest BCUT2D eigenvalue weighted by molar-refractivity contribution is 0.0961. The Morgan fingerprint density at radius 1 is 1.15 bits per heavy atom. The van der Waals surface area contributed by atoms with Gasteiger partial charge in [-0.05, 0) is 49.2 Å². The van der Waals surface area contributed by atoms with Crippen LogP contribution in [0.25, 0.3) is 16.9 Å². The highest BCUT2D eigenvalue weighted by atomic mass is 16.5. The summed E-state index contributed by atoms with van der Waals surface area (Å²) >= 11 is 0. The van der Waals surface area contributed by atoms with Crippen LogP contribution in [0, 0.1) is 0 Å². The second-order valence-electron chi connectivity index (χ2n) is 8.00. The SMILES string of the molecule is COc1ccc(NC(=O)c2cn(C[C@@H]3CCCO3)cc3c(=O)n(-c4ccccc4)nc2-3)cc1. The van der Waals surface area contributed by atoms with E-state index in [0.29, 0.717) is 40.5 Å². The van der Waals surface area contributed by atoms with Gasteiger partial charge in [-0.2, -0.15) is 9.78 Å². The first-order valence-corrected chi connectivity index (χ1v) is 10.9. The monoisotopic (exact) mass is 444 g/mol. The van der Waals surface area contributed by atoms with Crippen molar-refractivity contribution in [3.8, 4) is 22.7 Å². The first-order valence-electron chi connectivity index (χ1n) is 10.9. The number of carbonyl (C=O) groups is 1. The topological polar surface area (TPSA) is 87.4 Å². The number of anilines is 1. The van der Waals surface area contributed by atoms with Gasteiger partial charge in [-0.3, -0.25) is 9.59 Å². The molecular formula is C25H24N4O4. The molecule has 3 heterocycles. The van der Waals surface area contributed by atoms with E-state index in [-0.39, 0.29) is 17.6 Å². The van der Waals surface area contributed by atoms with Crippen molar-refractivity contribution < 1.29 is 14.3 Å². The van der Waals surface area contributed by atoms with E-state index in [9.17, 15) is 9.59 Å². The van der Waals surface area contributed by atoms with Gasteiger partial charge in [0.25, 0.3) is 11.5 Å². The van der Waals surface area contributed by atoms with Gasteiger partial charge < -0.3 is 19.4 Å². The summed E-state index contributed by atoms with van der Waals surface area (Å²) in [6, 6.07) is 16.3. The lowest BCUT2D eigenvalue weighted by Gasteiger charge is -2.16. The van der Waals surface area contributed by atoms with Crippen molar-refractivity contribution in [3.05, 3.63) is 82.9 Å². The van der Waals surface area contributed by atoms with Crippen LogP contribution in [-0.4, -0.2) is 40.1 Å². The number of amides is 1. The summed E-state index contributed by atoms with van der Waals surface area (Å²) in [6.45, 7) is 1.30. The second kappa shape index (κ2) is 8.91. The van der Waals surface area contributed by atoms with Crippen LogP contribution in [0.15, 0.2) is 71.8 Å². The molecule has 0 saturated carbocycles. The molecular weight excluding hydrogens is 420 g/mol. The van der Waals surface area contributed by atoms with E-state index in [4.69, 9.17) is 9.47 Å². The fourth-order valence-corrected chi connectivity index (χ4v) is 4.07. The number of hydrogen-bond donors (Lipinski definition) is 1. The van der Waals surface area contributed by atoms with Gasteiger partial charge in [0, 0.05) is 31.2 Å². The van der Waals surface area contributed by atoms with Gasteiger partial charge in [0.2, 0.25) is 0 Å². The van der Waals surface area contributed by atoms with Crippen molar-refractivity contribution in [2.45, 2.75) is 25.5 Å². The van der Waals surface area contributed by atoms with Crippen LogP contribution in [0.5, 0.6) is 5.75 Å². The van der Waals surface area contributed by atoms with Crippen LogP contribution in [0.2, 0.25) is 0 Å². The minimum Gasteiger partial charge on any atom is -0.497 e. The van der Waals surface area contributed by atoms with Gasteiger partial charge in [-0.15, -0.1) is 0 Å². The molecule has 8 nitrogen and oxygen atoms in total. The van der Waals surface area contributed by atoms with Gasteiger partial charge >= 0.3 is 0 Å². The Balaban J connectivity index is 1.56. The molecule has 0 unspecified atom stereocenters. The molecule has 5 rings (SSSR count). The first-order chi connectivity index (χ1) is 16.1. The Morgan fingerprint density at radius 3 is 2.64 bits per heavy atom. The summed E-state index contributed by atoms with van der Waals surface area (Å²) in [6.07, 6.45) is 5.52. The molecule has 168 valence electrons. The van der Waals surface area contributed by atoms with Crippen LogP contribution in [0.4, 0.5) is 5.69 Å². The summed E-state index contributed by atoms with van der Waals surface area (Å²) in [5.74, 6) is 0.353. The maximum atomic E-state index is 13.3. The summed E-state index contributed by atoms with van der Waals surface area (Å²) in [5.41, 5.74) is 2.07. The Bertz CT molecular complexity index is 1290. The van der Waals surface area contributed by atoms with E-state index in [1.54, 1.807) is 43.8 Å². The third-order valence-electron chi connectivity index (χ3n) is 5.75. The molecule has 0 spiro atoms. The molecule has 2 aromatic rings. The van der Waals surface area contributed by atoms with Crippen LogP contribution in [0.3, 0.4) is 0 Å². The van der Waals surface area contributed by atoms with Crippen molar-refractivity contribution in [1.29, 1.82) is 0 Å². The fraction of sp³-hybridized carbons (Fsp3) is 0.240. The van der Waals surface area contributed by atoms with Gasteiger partial charge in [0.1, 0.15) is 11.4 Å². The number of aromatic nitrogens is 3. The standard InChI is InChI=1S/C25H24N4O4/c1-32-19-11-9-17(10-12-19)26-24(30)21-15-28(14-20-8-5-13-33-20)16-22-23(21)27-29(25(22)31)18-6-3-2-4-7-18/h2-4,6-7,9-12,15-16,20H,5,8,13-14H2,1H3,(H,26,30)/t20-/m0/s1. The van der Waals surface area contributed by atoms with Gasteiger partial charge in [0.05, 0.1) is 30.0 Å². The number of rotatable bonds is 6. The van der Waals surface area contributed by atoms with E-state index in [2.05, 4.69) is 10.4 Å². The first kappa shape index (κ1) is 21.0. The maximum Gasteiger partial charge on any atom is 0.282 e. The zero-order chi connectivity index (χ0) is 22.8. The van der Waals surface area contributed by atoms with E-state index < -0.39 is 0 Å². The predicted molar refractivity (Wildman–Crippen MR) is 124 cm³/mol. The molecule has 1 fully saturated rings.